The van der Waals surface area contributed by atoms with Crippen molar-refractivity contribution in [2.24, 2.45) is 0 Å². The topological polar surface area (TPSA) is 22.3 Å². The van der Waals surface area contributed by atoms with Crippen molar-refractivity contribution < 1.29 is 14.0 Å². The molecule has 0 fully saturated rings. The van der Waals surface area contributed by atoms with Gasteiger partial charge >= 0.3 is 0 Å². The first kappa shape index (κ1) is 13.0. The van der Waals surface area contributed by atoms with Gasteiger partial charge in [0.15, 0.2) is 12.7 Å². The van der Waals surface area contributed by atoms with Crippen molar-refractivity contribution in [1.29, 1.82) is 0 Å². The van der Waals surface area contributed by atoms with Gasteiger partial charge < -0.3 is 9.47 Å². The van der Waals surface area contributed by atoms with E-state index in [1.807, 2.05) is 0 Å². The molecule has 0 unspecified atom stereocenters. The maximum atomic E-state index is 5.51. The van der Waals surface area contributed by atoms with Crippen LogP contribution in [0.1, 0.15) is 5.56 Å². The Balaban J connectivity index is 2.07. The minimum absolute atomic E-state index is 0.652. The van der Waals surface area contributed by atoms with Crippen LogP contribution in [0, 0.1) is 6.92 Å². The lowest BCUT2D eigenvalue weighted by Crippen LogP contribution is -2.36. The summed E-state index contributed by atoms with van der Waals surface area (Å²) in [6.45, 7) is 5.02. The van der Waals surface area contributed by atoms with Gasteiger partial charge in [0, 0.05) is 24.6 Å². The Bertz CT molecular complexity index is 511. The lowest BCUT2D eigenvalue weighted by molar-refractivity contribution is -0.673. The van der Waals surface area contributed by atoms with Crippen LogP contribution in [0.5, 0.6) is 0 Å². The molecule has 96 valence electrons. The molecule has 0 bridgehead atoms. The van der Waals surface area contributed by atoms with Gasteiger partial charge in [-0.3, -0.25) is 0 Å². The van der Waals surface area contributed by atoms with E-state index in [9.17, 15) is 0 Å². The minimum Gasteiger partial charge on any atom is -0.382 e. The highest BCUT2D eigenvalue weighted by Crippen LogP contribution is 2.13. The highest BCUT2D eigenvalue weighted by atomic mass is 16.5. The van der Waals surface area contributed by atoms with Crippen LogP contribution in [0.2, 0.25) is 0 Å². The molecular formula is C15H20NO2+. The van der Waals surface area contributed by atoms with E-state index in [1.54, 1.807) is 7.11 Å². The molecule has 0 N–H and O–H groups in total. The average Bonchev–Trinajstić information content (AvgIpc) is 2.41. The molecule has 1 heterocycles. The van der Waals surface area contributed by atoms with Gasteiger partial charge in [0.05, 0.1) is 13.2 Å². The van der Waals surface area contributed by atoms with Gasteiger partial charge in [0.25, 0.3) is 0 Å². The van der Waals surface area contributed by atoms with E-state index in [2.05, 4.69) is 48.0 Å². The summed E-state index contributed by atoms with van der Waals surface area (Å²) in [5.74, 6) is 0. The van der Waals surface area contributed by atoms with E-state index in [-0.39, 0.29) is 0 Å². The highest BCUT2D eigenvalue weighted by Gasteiger charge is 2.09. The number of pyridine rings is 1. The minimum atomic E-state index is 0.652. The second kappa shape index (κ2) is 6.47. The number of ether oxygens (including phenoxy) is 2. The Morgan fingerprint density at radius 3 is 2.72 bits per heavy atom. The van der Waals surface area contributed by atoms with Gasteiger partial charge in [0.2, 0.25) is 5.52 Å². The van der Waals surface area contributed by atoms with Gasteiger partial charge in [-0.25, -0.2) is 0 Å². The first-order valence-corrected chi connectivity index (χ1v) is 6.27. The van der Waals surface area contributed by atoms with Crippen LogP contribution in [0.25, 0.3) is 10.9 Å². The fourth-order valence-corrected chi connectivity index (χ4v) is 2.03. The molecule has 1 aromatic heterocycles. The van der Waals surface area contributed by atoms with E-state index < -0.39 is 0 Å². The van der Waals surface area contributed by atoms with Crippen LogP contribution < -0.4 is 4.57 Å². The summed E-state index contributed by atoms with van der Waals surface area (Å²) in [6, 6.07) is 10.6. The predicted molar refractivity (Wildman–Crippen MR) is 71.6 cm³/mol. The van der Waals surface area contributed by atoms with Crippen molar-refractivity contribution in [2.45, 2.75) is 13.5 Å². The zero-order valence-electron chi connectivity index (χ0n) is 11.1. The maximum absolute atomic E-state index is 5.51. The molecule has 0 aliphatic rings. The third-order valence-corrected chi connectivity index (χ3v) is 3.05. The summed E-state index contributed by atoms with van der Waals surface area (Å²) >= 11 is 0. The summed E-state index contributed by atoms with van der Waals surface area (Å²) in [5.41, 5.74) is 2.56. The average molecular weight is 246 g/mol. The molecule has 0 amide bonds. The normalized spacial score (nSPS) is 11.0. The van der Waals surface area contributed by atoms with Gasteiger partial charge in [-0.2, -0.15) is 4.57 Å². The van der Waals surface area contributed by atoms with Crippen LogP contribution in [-0.2, 0) is 16.0 Å². The number of hydrogen-bond donors (Lipinski definition) is 0. The number of aryl methyl sites for hydroxylation is 1. The largest absolute Gasteiger partial charge is 0.382 e. The molecule has 2 rings (SSSR count). The Hall–Kier alpha value is -1.45. The number of fused-ring (bicyclic) bond motifs is 1. The third-order valence-electron chi connectivity index (χ3n) is 3.05. The molecule has 0 aliphatic heterocycles. The maximum Gasteiger partial charge on any atom is 0.212 e. The second-order valence-corrected chi connectivity index (χ2v) is 4.31. The Labute approximate surface area is 108 Å². The lowest BCUT2D eigenvalue weighted by Gasteiger charge is -2.04. The lowest BCUT2D eigenvalue weighted by atomic mass is 10.1. The van der Waals surface area contributed by atoms with Gasteiger partial charge in [-0.15, -0.1) is 0 Å². The van der Waals surface area contributed by atoms with Crippen LogP contribution in [0.3, 0.4) is 0 Å². The summed E-state index contributed by atoms with van der Waals surface area (Å²) in [5, 5.41) is 1.30. The van der Waals surface area contributed by atoms with Crippen molar-refractivity contribution in [2.75, 3.05) is 26.9 Å². The predicted octanol–water partition coefficient (Wildman–Crippen LogP) is 2.10. The van der Waals surface area contributed by atoms with Crippen LogP contribution in [0.4, 0.5) is 0 Å². The van der Waals surface area contributed by atoms with E-state index >= 15 is 0 Å². The van der Waals surface area contributed by atoms with Gasteiger partial charge in [-0.1, -0.05) is 12.1 Å². The summed E-state index contributed by atoms with van der Waals surface area (Å²) < 4.78 is 12.7. The zero-order chi connectivity index (χ0) is 12.8. The first-order valence-electron chi connectivity index (χ1n) is 6.27. The van der Waals surface area contributed by atoms with Crippen molar-refractivity contribution in [3.63, 3.8) is 0 Å². The SMILES string of the molecule is COCCOCC[n+]1ccc(C)c2ccccc21. The third kappa shape index (κ3) is 3.06. The van der Waals surface area contributed by atoms with Crippen molar-refractivity contribution in [3.8, 4) is 0 Å². The fraction of sp³-hybridized carbons (Fsp3) is 0.400. The molecular weight excluding hydrogens is 226 g/mol. The number of hydrogen-bond acceptors (Lipinski definition) is 2. The fourth-order valence-electron chi connectivity index (χ4n) is 2.03. The molecule has 18 heavy (non-hydrogen) atoms. The van der Waals surface area contributed by atoms with Gasteiger partial charge in [0.1, 0.15) is 6.61 Å². The molecule has 3 heteroatoms. The number of methoxy groups -OCH3 is 1. The van der Waals surface area contributed by atoms with E-state index in [0.29, 0.717) is 19.8 Å². The summed E-state index contributed by atoms with van der Waals surface area (Å²) in [4.78, 5) is 0. The van der Waals surface area contributed by atoms with E-state index in [1.165, 1.54) is 16.5 Å². The van der Waals surface area contributed by atoms with E-state index in [4.69, 9.17) is 9.47 Å². The summed E-state index contributed by atoms with van der Waals surface area (Å²) in [6.07, 6.45) is 2.12. The highest BCUT2D eigenvalue weighted by molar-refractivity contribution is 5.78. The summed E-state index contributed by atoms with van der Waals surface area (Å²) in [7, 11) is 1.69. The molecule has 0 spiro atoms. The molecule has 0 radical (unpaired) electrons. The van der Waals surface area contributed by atoms with E-state index in [0.717, 1.165) is 6.54 Å². The zero-order valence-corrected chi connectivity index (χ0v) is 11.1. The van der Waals surface area contributed by atoms with Crippen LogP contribution in [-0.4, -0.2) is 26.9 Å². The van der Waals surface area contributed by atoms with Crippen molar-refractivity contribution in [3.05, 3.63) is 42.1 Å². The number of nitrogens with zero attached hydrogens (tertiary/aromatic N) is 1. The molecule has 0 atom stereocenters. The molecule has 3 nitrogen and oxygen atoms in total. The van der Waals surface area contributed by atoms with Crippen molar-refractivity contribution >= 4 is 10.9 Å². The molecule has 1 aromatic carbocycles. The number of benzene rings is 1. The second-order valence-electron chi connectivity index (χ2n) is 4.31. The number of rotatable bonds is 6. The quantitative estimate of drug-likeness (QED) is 0.575. The first-order chi connectivity index (χ1) is 8.83. The van der Waals surface area contributed by atoms with Gasteiger partial charge in [-0.05, 0) is 18.6 Å². The Morgan fingerprint density at radius 1 is 1.06 bits per heavy atom. The molecule has 2 aromatic rings. The number of para-hydroxylation sites is 1. The Kier molecular flexibility index (Phi) is 4.67. The Morgan fingerprint density at radius 2 is 1.89 bits per heavy atom. The smallest absolute Gasteiger partial charge is 0.212 e. The monoisotopic (exact) mass is 246 g/mol. The number of aromatic nitrogens is 1. The van der Waals surface area contributed by atoms with Crippen LogP contribution in [0.15, 0.2) is 36.5 Å². The molecule has 0 saturated heterocycles. The standard InChI is InChI=1S/C15H20NO2/c1-13-7-8-16(9-10-18-12-11-17-2)15-6-4-3-5-14(13)15/h3-8H,9-12H2,1-2H3/q+1. The molecule has 0 aliphatic carbocycles. The van der Waals surface area contributed by atoms with Crippen molar-refractivity contribution in [1.82, 2.24) is 0 Å². The molecule has 0 saturated carbocycles. The van der Waals surface area contributed by atoms with Crippen LogP contribution >= 0.6 is 0 Å².